The number of hydrogen-bond acceptors (Lipinski definition) is 2. The smallest absolute Gasteiger partial charge is 0.0454 e. The number of hydrogen-bond donors (Lipinski definition) is 1. The summed E-state index contributed by atoms with van der Waals surface area (Å²) >= 11 is 0. The molecule has 128 valence electrons. The first-order valence-electron chi connectivity index (χ1n) is 9.17. The highest BCUT2D eigenvalue weighted by Crippen LogP contribution is 2.50. The Morgan fingerprint density at radius 2 is 1.88 bits per heavy atom. The van der Waals surface area contributed by atoms with Crippen LogP contribution >= 0.6 is 0 Å². The van der Waals surface area contributed by atoms with Gasteiger partial charge < -0.3 is 5.32 Å². The Morgan fingerprint density at radius 1 is 1.12 bits per heavy atom. The van der Waals surface area contributed by atoms with E-state index in [9.17, 15) is 0 Å². The third kappa shape index (κ3) is 2.65. The summed E-state index contributed by atoms with van der Waals surface area (Å²) < 4.78 is 0. The van der Waals surface area contributed by atoms with Crippen molar-refractivity contribution in [2.75, 3.05) is 13.1 Å². The number of piperidine rings is 1. The molecule has 2 nitrogen and oxygen atoms in total. The minimum atomic E-state index is 0.272. The van der Waals surface area contributed by atoms with Crippen molar-refractivity contribution in [3.05, 3.63) is 77.1 Å². The first-order valence-corrected chi connectivity index (χ1v) is 9.17. The monoisotopic (exact) mass is 330 g/mol. The number of pyridine rings is 1. The van der Waals surface area contributed by atoms with Crippen LogP contribution in [-0.4, -0.2) is 18.1 Å². The van der Waals surface area contributed by atoms with E-state index >= 15 is 0 Å². The Morgan fingerprint density at radius 3 is 2.60 bits per heavy atom. The second kappa shape index (κ2) is 5.96. The summed E-state index contributed by atoms with van der Waals surface area (Å²) in [5.74, 6) is 0. The number of benzene rings is 1. The lowest BCUT2D eigenvalue weighted by Gasteiger charge is -2.35. The average molecular weight is 330 g/mol. The van der Waals surface area contributed by atoms with Crippen molar-refractivity contribution in [3.63, 3.8) is 0 Å². The fourth-order valence-corrected chi connectivity index (χ4v) is 4.59. The van der Waals surface area contributed by atoms with Crippen LogP contribution in [0.2, 0.25) is 0 Å². The molecule has 0 saturated carbocycles. The van der Waals surface area contributed by atoms with Crippen molar-refractivity contribution < 1.29 is 0 Å². The van der Waals surface area contributed by atoms with Crippen molar-refractivity contribution in [2.24, 2.45) is 0 Å². The molecule has 2 aliphatic rings. The minimum Gasteiger partial charge on any atom is -0.317 e. The quantitative estimate of drug-likeness (QED) is 0.855. The van der Waals surface area contributed by atoms with Gasteiger partial charge in [0.1, 0.15) is 0 Å². The van der Waals surface area contributed by atoms with Crippen LogP contribution in [-0.2, 0) is 5.41 Å². The van der Waals surface area contributed by atoms with Crippen molar-refractivity contribution in [1.82, 2.24) is 10.3 Å². The first kappa shape index (κ1) is 16.3. The summed E-state index contributed by atoms with van der Waals surface area (Å²) in [5, 5.41) is 3.50. The summed E-state index contributed by atoms with van der Waals surface area (Å²) in [4.78, 5) is 4.60. The van der Waals surface area contributed by atoms with Crippen LogP contribution in [0.5, 0.6) is 0 Å². The van der Waals surface area contributed by atoms with Gasteiger partial charge in [-0.1, -0.05) is 31.4 Å². The van der Waals surface area contributed by atoms with Gasteiger partial charge >= 0.3 is 0 Å². The van der Waals surface area contributed by atoms with Gasteiger partial charge in [0.2, 0.25) is 0 Å². The van der Waals surface area contributed by atoms with Crippen LogP contribution in [0, 0.1) is 13.8 Å². The van der Waals surface area contributed by atoms with Crippen LogP contribution in [0.4, 0.5) is 0 Å². The van der Waals surface area contributed by atoms with Crippen molar-refractivity contribution >= 4 is 11.1 Å². The topological polar surface area (TPSA) is 24.9 Å². The molecule has 25 heavy (non-hydrogen) atoms. The summed E-state index contributed by atoms with van der Waals surface area (Å²) in [6.07, 6.45) is 3.49. The SMILES string of the molecule is C=C1CC2(CCNCC2)c2cc(C(=C)c3ccc(C)nc3C)ccc21. The molecule has 0 amide bonds. The summed E-state index contributed by atoms with van der Waals surface area (Å²) in [6.45, 7) is 15.0. The Balaban J connectivity index is 1.77. The molecule has 1 N–H and O–H groups in total. The number of aromatic nitrogens is 1. The van der Waals surface area contributed by atoms with Crippen molar-refractivity contribution in [2.45, 2.75) is 38.5 Å². The zero-order valence-electron chi connectivity index (χ0n) is 15.3. The molecule has 0 unspecified atom stereocenters. The highest BCUT2D eigenvalue weighted by Gasteiger charge is 2.41. The molecule has 0 bridgehead atoms. The normalized spacial score (nSPS) is 18.4. The largest absolute Gasteiger partial charge is 0.317 e. The Labute approximate surface area is 150 Å². The van der Waals surface area contributed by atoms with Crippen LogP contribution < -0.4 is 5.32 Å². The summed E-state index contributed by atoms with van der Waals surface area (Å²) in [5.41, 5.74) is 9.92. The van der Waals surface area contributed by atoms with Gasteiger partial charge in [0, 0.05) is 22.4 Å². The fourth-order valence-electron chi connectivity index (χ4n) is 4.59. The zero-order chi connectivity index (χ0) is 17.6. The maximum absolute atomic E-state index is 4.60. The van der Waals surface area contributed by atoms with Crippen LogP contribution in [0.3, 0.4) is 0 Å². The molecule has 2 heteroatoms. The minimum absolute atomic E-state index is 0.272. The van der Waals surface area contributed by atoms with Crippen LogP contribution in [0.25, 0.3) is 11.1 Å². The number of aryl methyl sites for hydroxylation is 2. The van der Waals surface area contributed by atoms with Gasteiger partial charge in [-0.25, -0.2) is 0 Å². The third-order valence-electron chi connectivity index (χ3n) is 5.98. The third-order valence-corrected chi connectivity index (χ3v) is 5.98. The molecular formula is C23H26N2. The van der Waals surface area contributed by atoms with E-state index in [1.54, 1.807) is 0 Å². The first-order chi connectivity index (χ1) is 12.0. The van der Waals surface area contributed by atoms with E-state index < -0.39 is 0 Å². The zero-order valence-corrected chi connectivity index (χ0v) is 15.3. The number of allylic oxidation sites excluding steroid dienone is 1. The molecule has 1 saturated heterocycles. The predicted molar refractivity (Wildman–Crippen MR) is 106 cm³/mol. The molecule has 2 aromatic rings. The number of nitrogens with one attached hydrogen (secondary N) is 1. The molecule has 1 aromatic carbocycles. The second-order valence-electron chi connectivity index (χ2n) is 7.64. The average Bonchev–Trinajstić information content (AvgIpc) is 2.86. The molecule has 2 heterocycles. The maximum atomic E-state index is 4.60. The summed E-state index contributed by atoms with van der Waals surface area (Å²) in [7, 11) is 0. The highest BCUT2D eigenvalue weighted by atomic mass is 14.9. The van der Waals surface area contributed by atoms with E-state index in [2.05, 4.69) is 60.7 Å². The molecule has 4 rings (SSSR count). The van der Waals surface area contributed by atoms with Gasteiger partial charge in [-0.05, 0) is 86.2 Å². The molecule has 1 fully saturated rings. The number of nitrogens with zero attached hydrogens (tertiary/aromatic N) is 1. The number of fused-ring (bicyclic) bond motifs is 2. The maximum Gasteiger partial charge on any atom is 0.0454 e. The highest BCUT2D eigenvalue weighted by molar-refractivity contribution is 5.83. The van der Waals surface area contributed by atoms with Gasteiger partial charge in [-0.3, -0.25) is 4.98 Å². The molecule has 1 aliphatic carbocycles. The molecular weight excluding hydrogens is 304 g/mol. The number of rotatable bonds is 2. The fraction of sp³-hybridized carbons (Fsp3) is 0.348. The van der Waals surface area contributed by atoms with Gasteiger partial charge in [0.05, 0.1) is 0 Å². The van der Waals surface area contributed by atoms with E-state index in [1.165, 1.54) is 35.1 Å². The van der Waals surface area contributed by atoms with Crippen LogP contribution in [0.15, 0.2) is 43.5 Å². The second-order valence-corrected chi connectivity index (χ2v) is 7.64. The molecule has 1 spiro atoms. The van der Waals surface area contributed by atoms with Gasteiger partial charge in [-0.2, -0.15) is 0 Å². The Hall–Kier alpha value is -2.19. The van der Waals surface area contributed by atoms with Gasteiger partial charge in [0.25, 0.3) is 0 Å². The van der Waals surface area contributed by atoms with Crippen LogP contribution in [0.1, 0.15) is 52.9 Å². The van der Waals surface area contributed by atoms with Crippen molar-refractivity contribution in [1.29, 1.82) is 0 Å². The standard InChI is InChI=1S/C23H26N2/c1-15-14-23(9-11-24-12-10-23)22-13-19(6-8-20(15)22)17(3)21-7-5-16(2)25-18(21)4/h5-8,13,24H,1,3,9-12,14H2,2,4H3. The van der Waals surface area contributed by atoms with E-state index in [0.717, 1.165) is 42.0 Å². The lowest BCUT2D eigenvalue weighted by atomic mass is 9.73. The van der Waals surface area contributed by atoms with Crippen molar-refractivity contribution in [3.8, 4) is 0 Å². The molecule has 0 radical (unpaired) electrons. The summed E-state index contributed by atoms with van der Waals surface area (Å²) in [6, 6.07) is 11.0. The molecule has 0 atom stereocenters. The molecule has 1 aromatic heterocycles. The van der Waals surface area contributed by atoms with E-state index in [0.29, 0.717) is 0 Å². The van der Waals surface area contributed by atoms with E-state index in [1.807, 2.05) is 6.92 Å². The Bertz CT molecular complexity index is 870. The lowest BCUT2D eigenvalue weighted by Crippen LogP contribution is -2.38. The van der Waals surface area contributed by atoms with E-state index in [-0.39, 0.29) is 5.41 Å². The predicted octanol–water partition coefficient (Wildman–Crippen LogP) is 4.80. The van der Waals surface area contributed by atoms with Gasteiger partial charge in [0.15, 0.2) is 0 Å². The van der Waals surface area contributed by atoms with E-state index in [4.69, 9.17) is 0 Å². The Kier molecular flexibility index (Phi) is 3.88. The lowest BCUT2D eigenvalue weighted by molar-refractivity contribution is 0.322. The molecule has 1 aliphatic heterocycles. The van der Waals surface area contributed by atoms with Gasteiger partial charge in [-0.15, -0.1) is 0 Å².